The molecule has 96 valence electrons. The van der Waals surface area contributed by atoms with Crippen molar-refractivity contribution in [3.05, 3.63) is 24.3 Å². The van der Waals surface area contributed by atoms with Gasteiger partial charge in [-0.2, -0.15) is 0 Å². The number of carbonyl (C=O) groups excluding carboxylic acids is 1. The van der Waals surface area contributed by atoms with Gasteiger partial charge in [0, 0.05) is 11.9 Å². The van der Waals surface area contributed by atoms with E-state index >= 15 is 0 Å². The normalized spacial score (nSPS) is 18.7. The van der Waals surface area contributed by atoms with E-state index in [0.29, 0.717) is 17.3 Å². The van der Waals surface area contributed by atoms with Gasteiger partial charge in [0.15, 0.2) is 0 Å². The van der Waals surface area contributed by atoms with Crippen LogP contribution in [0, 0.1) is 0 Å². The van der Waals surface area contributed by atoms with Crippen molar-refractivity contribution in [3.8, 4) is 0 Å². The average molecular weight is 268 g/mol. The van der Waals surface area contributed by atoms with Crippen LogP contribution in [0.1, 0.15) is 5.69 Å². The van der Waals surface area contributed by atoms with Crippen molar-refractivity contribution >= 4 is 23.8 Å². The molecule has 0 aliphatic carbocycles. The predicted molar refractivity (Wildman–Crippen MR) is 64.9 cm³/mol. The number of carboxylic acids is 1. The summed E-state index contributed by atoms with van der Waals surface area (Å²) in [6.45, 7) is 0.259. The maximum Gasteiger partial charge on any atom is 0.327 e. The van der Waals surface area contributed by atoms with E-state index in [4.69, 9.17) is 5.11 Å². The van der Waals surface area contributed by atoms with Crippen LogP contribution in [-0.4, -0.2) is 49.6 Å². The number of thioether (sulfide) groups is 1. The van der Waals surface area contributed by atoms with Crippen LogP contribution in [0.25, 0.3) is 0 Å². The number of aromatic nitrogens is 2. The number of carbonyl (C=O) groups is 2. The summed E-state index contributed by atoms with van der Waals surface area (Å²) in [5.41, 5.74) is 0.678. The Kier molecular flexibility index (Phi) is 3.98. The first-order chi connectivity index (χ1) is 8.68. The maximum absolute atomic E-state index is 11.8. The second-order valence-electron chi connectivity index (χ2n) is 3.68. The van der Waals surface area contributed by atoms with E-state index < -0.39 is 12.0 Å². The fourth-order valence-corrected chi connectivity index (χ4v) is 2.68. The number of nitrogens with zero attached hydrogens (tertiary/aromatic N) is 3. The maximum atomic E-state index is 11.8. The lowest BCUT2D eigenvalue weighted by Crippen LogP contribution is -2.46. The third-order valence-corrected chi connectivity index (χ3v) is 3.50. The van der Waals surface area contributed by atoms with Crippen molar-refractivity contribution < 1.29 is 14.7 Å². The van der Waals surface area contributed by atoms with Gasteiger partial charge >= 0.3 is 12.0 Å². The quantitative estimate of drug-likeness (QED) is 0.810. The smallest absolute Gasteiger partial charge is 0.327 e. The molecule has 8 heteroatoms. The molecule has 1 fully saturated rings. The zero-order valence-corrected chi connectivity index (χ0v) is 10.3. The summed E-state index contributed by atoms with van der Waals surface area (Å²) in [5.74, 6) is -0.153. The Morgan fingerprint density at radius 1 is 1.61 bits per heavy atom. The molecule has 0 saturated carbocycles. The number of urea groups is 1. The van der Waals surface area contributed by atoms with E-state index in [1.54, 1.807) is 12.3 Å². The molecule has 0 spiro atoms. The minimum absolute atomic E-state index is 0.259. The third kappa shape index (κ3) is 2.89. The molecule has 2 heterocycles. The van der Waals surface area contributed by atoms with E-state index in [1.807, 2.05) is 0 Å². The summed E-state index contributed by atoms with van der Waals surface area (Å²) < 4.78 is 0. The van der Waals surface area contributed by atoms with Crippen molar-refractivity contribution in [3.63, 3.8) is 0 Å². The highest BCUT2D eigenvalue weighted by atomic mass is 32.2. The second-order valence-corrected chi connectivity index (χ2v) is 4.68. The van der Waals surface area contributed by atoms with Crippen LogP contribution in [-0.2, 0) is 11.3 Å². The number of hydrogen-bond acceptors (Lipinski definition) is 5. The van der Waals surface area contributed by atoms with Gasteiger partial charge in [-0.25, -0.2) is 19.6 Å². The molecule has 1 atom stereocenters. The summed E-state index contributed by atoms with van der Waals surface area (Å²) in [5, 5.41) is 11.6. The standard InChI is InChI=1S/C10H12N4O3S/c15-9(16)8-4-18-6-14(8)10(17)12-3-7-1-2-11-5-13-7/h1-2,5,8H,3-4,6H2,(H,12,17)(H,15,16). The van der Waals surface area contributed by atoms with E-state index in [-0.39, 0.29) is 12.6 Å². The Morgan fingerprint density at radius 3 is 3.11 bits per heavy atom. The molecular weight excluding hydrogens is 256 g/mol. The summed E-state index contributed by atoms with van der Waals surface area (Å²) in [7, 11) is 0. The summed E-state index contributed by atoms with van der Waals surface area (Å²) in [4.78, 5) is 31.8. The van der Waals surface area contributed by atoms with Gasteiger partial charge < -0.3 is 15.3 Å². The van der Waals surface area contributed by atoms with Gasteiger partial charge in [0.05, 0.1) is 18.1 Å². The van der Waals surface area contributed by atoms with Crippen molar-refractivity contribution in [2.75, 3.05) is 11.6 Å². The first-order valence-electron chi connectivity index (χ1n) is 5.28. The largest absolute Gasteiger partial charge is 0.480 e. The van der Waals surface area contributed by atoms with Gasteiger partial charge in [0.1, 0.15) is 12.4 Å². The van der Waals surface area contributed by atoms with E-state index in [9.17, 15) is 9.59 Å². The monoisotopic (exact) mass is 268 g/mol. The molecule has 2 N–H and O–H groups in total. The number of carboxylic acid groups (broad SMARTS) is 1. The highest BCUT2D eigenvalue weighted by Crippen LogP contribution is 2.20. The molecule has 1 aliphatic rings. The Morgan fingerprint density at radius 2 is 2.44 bits per heavy atom. The lowest BCUT2D eigenvalue weighted by molar-refractivity contribution is -0.140. The highest BCUT2D eigenvalue weighted by molar-refractivity contribution is 7.99. The van der Waals surface area contributed by atoms with E-state index in [2.05, 4.69) is 15.3 Å². The van der Waals surface area contributed by atoms with Gasteiger partial charge in [-0.05, 0) is 6.07 Å². The number of hydrogen-bond donors (Lipinski definition) is 2. The van der Waals surface area contributed by atoms with Crippen LogP contribution in [0.2, 0.25) is 0 Å². The zero-order valence-electron chi connectivity index (χ0n) is 9.44. The highest BCUT2D eigenvalue weighted by Gasteiger charge is 2.34. The summed E-state index contributed by atoms with van der Waals surface area (Å²) in [6.07, 6.45) is 2.98. The van der Waals surface area contributed by atoms with Crippen LogP contribution in [0.5, 0.6) is 0 Å². The van der Waals surface area contributed by atoms with E-state index in [1.165, 1.54) is 23.0 Å². The number of nitrogens with one attached hydrogen (secondary N) is 1. The first-order valence-corrected chi connectivity index (χ1v) is 6.44. The molecule has 1 aromatic rings. The second kappa shape index (κ2) is 5.67. The zero-order chi connectivity index (χ0) is 13.0. The summed E-state index contributed by atoms with van der Waals surface area (Å²) in [6, 6.07) is 0.555. The van der Waals surface area contributed by atoms with Gasteiger partial charge in [0.25, 0.3) is 0 Å². The molecule has 18 heavy (non-hydrogen) atoms. The topological polar surface area (TPSA) is 95.4 Å². The van der Waals surface area contributed by atoms with Crippen molar-refractivity contribution in [2.24, 2.45) is 0 Å². The lowest BCUT2D eigenvalue weighted by Gasteiger charge is -2.20. The molecule has 0 radical (unpaired) electrons. The van der Waals surface area contributed by atoms with Crippen molar-refractivity contribution in [2.45, 2.75) is 12.6 Å². The fraction of sp³-hybridized carbons (Fsp3) is 0.400. The Labute approximate surface area is 108 Å². The van der Waals surface area contributed by atoms with Crippen LogP contribution in [0.3, 0.4) is 0 Å². The molecule has 0 bridgehead atoms. The van der Waals surface area contributed by atoms with Gasteiger partial charge in [-0.3, -0.25) is 0 Å². The summed E-state index contributed by atoms with van der Waals surface area (Å²) >= 11 is 1.43. The van der Waals surface area contributed by atoms with Crippen LogP contribution < -0.4 is 5.32 Å². The lowest BCUT2D eigenvalue weighted by atomic mass is 10.3. The predicted octanol–water partition coefficient (Wildman–Crippen LogP) is 0.146. The minimum atomic E-state index is -0.975. The molecule has 2 rings (SSSR count). The molecular formula is C10H12N4O3S. The van der Waals surface area contributed by atoms with Crippen LogP contribution in [0.4, 0.5) is 4.79 Å². The van der Waals surface area contributed by atoms with Crippen LogP contribution in [0.15, 0.2) is 18.6 Å². The van der Waals surface area contributed by atoms with Gasteiger partial charge in [-0.1, -0.05) is 0 Å². The Balaban J connectivity index is 1.90. The number of amides is 2. The molecule has 1 aromatic heterocycles. The molecule has 1 aliphatic heterocycles. The molecule has 7 nitrogen and oxygen atoms in total. The molecule has 2 amide bonds. The van der Waals surface area contributed by atoms with E-state index in [0.717, 1.165) is 0 Å². The number of aliphatic carboxylic acids is 1. The first kappa shape index (κ1) is 12.6. The van der Waals surface area contributed by atoms with Crippen LogP contribution >= 0.6 is 11.8 Å². The van der Waals surface area contributed by atoms with Crippen molar-refractivity contribution in [1.29, 1.82) is 0 Å². The fourth-order valence-electron chi connectivity index (χ4n) is 1.54. The molecule has 0 aromatic carbocycles. The minimum Gasteiger partial charge on any atom is -0.480 e. The van der Waals surface area contributed by atoms with Crippen molar-refractivity contribution in [1.82, 2.24) is 20.2 Å². The molecule has 1 unspecified atom stereocenters. The average Bonchev–Trinajstić information content (AvgIpc) is 2.86. The Bertz CT molecular complexity index is 442. The van der Waals surface area contributed by atoms with Gasteiger partial charge in [0.2, 0.25) is 0 Å². The SMILES string of the molecule is O=C(O)C1CSCN1C(=O)NCc1ccncn1. The third-order valence-electron chi connectivity index (χ3n) is 2.49. The Hall–Kier alpha value is -1.83. The number of rotatable bonds is 3. The van der Waals surface area contributed by atoms with Gasteiger partial charge in [-0.15, -0.1) is 11.8 Å². The molecule has 1 saturated heterocycles.